The molecule has 0 aliphatic rings. The molecule has 0 fully saturated rings. The Morgan fingerprint density at radius 3 is 2.48 bits per heavy atom. The minimum Gasteiger partial charge on any atom is -0.494 e. The van der Waals surface area contributed by atoms with Crippen molar-refractivity contribution < 1.29 is 13.9 Å². The van der Waals surface area contributed by atoms with Crippen LogP contribution in [0.25, 0.3) is 0 Å². The van der Waals surface area contributed by atoms with Crippen molar-refractivity contribution in [1.82, 2.24) is 4.98 Å². The van der Waals surface area contributed by atoms with E-state index in [-0.39, 0.29) is 10.6 Å². The summed E-state index contributed by atoms with van der Waals surface area (Å²) in [5, 5.41) is 5.78. The highest BCUT2D eigenvalue weighted by Crippen LogP contribution is 2.22. The largest absolute Gasteiger partial charge is 0.494 e. The average molecular weight is 386 g/mol. The number of amides is 1. The number of pyridine rings is 1. The van der Waals surface area contributed by atoms with Crippen LogP contribution in [-0.2, 0) is 0 Å². The average Bonchev–Trinajstić information content (AvgIpc) is 2.65. The molecule has 1 amide bonds. The van der Waals surface area contributed by atoms with Crippen LogP contribution in [0.1, 0.15) is 17.3 Å². The number of anilines is 3. The Bertz CT molecular complexity index is 911. The molecular weight excluding hydrogens is 369 g/mol. The normalized spacial score (nSPS) is 10.3. The Morgan fingerprint density at radius 2 is 1.85 bits per heavy atom. The number of aromatic nitrogens is 1. The van der Waals surface area contributed by atoms with Crippen LogP contribution >= 0.6 is 11.6 Å². The van der Waals surface area contributed by atoms with Crippen LogP contribution < -0.4 is 15.4 Å². The standard InChI is InChI=1S/C20H17ClFN3O2/c1-2-27-15-9-6-13(7-10-15)24-18-11-8-14(12-23-18)25-20(26)19-16(21)4-3-5-17(19)22/h3-12H,2H2,1H3,(H,23,24)(H,25,26). The number of ether oxygens (including phenoxy) is 1. The minimum atomic E-state index is -0.679. The van der Waals surface area contributed by atoms with Gasteiger partial charge in [-0.15, -0.1) is 0 Å². The zero-order valence-corrected chi connectivity index (χ0v) is 15.3. The van der Waals surface area contributed by atoms with Gasteiger partial charge in [0.15, 0.2) is 0 Å². The molecule has 5 nitrogen and oxygen atoms in total. The number of hydrogen-bond acceptors (Lipinski definition) is 4. The number of rotatable bonds is 6. The number of halogens is 2. The Hall–Kier alpha value is -3.12. The molecule has 0 aliphatic carbocycles. The van der Waals surface area contributed by atoms with Crippen molar-refractivity contribution in [2.24, 2.45) is 0 Å². The summed E-state index contributed by atoms with van der Waals surface area (Å²) in [5.74, 6) is 0.0795. The van der Waals surface area contributed by atoms with Crippen molar-refractivity contribution in [3.63, 3.8) is 0 Å². The van der Waals surface area contributed by atoms with Crippen LogP contribution in [-0.4, -0.2) is 17.5 Å². The molecule has 2 N–H and O–H groups in total. The number of carbonyl (C=O) groups is 1. The summed E-state index contributed by atoms with van der Waals surface area (Å²) < 4.78 is 19.2. The lowest BCUT2D eigenvalue weighted by molar-refractivity contribution is 0.102. The second-order valence-electron chi connectivity index (χ2n) is 5.57. The summed E-state index contributed by atoms with van der Waals surface area (Å²) in [7, 11) is 0. The highest BCUT2D eigenvalue weighted by molar-refractivity contribution is 6.34. The summed E-state index contributed by atoms with van der Waals surface area (Å²) in [6.07, 6.45) is 1.48. The molecule has 0 unspecified atom stereocenters. The molecule has 3 rings (SSSR count). The highest BCUT2D eigenvalue weighted by Gasteiger charge is 2.15. The fraction of sp³-hybridized carbons (Fsp3) is 0.100. The third-order valence-corrected chi connectivity index (χ3v) is 3.96. The smallest absolute Gasteiger partial charge is 0.260 e. The van der Waals surface area contributed by atoms with Crippen LogP contribution in [0.2, 0.25) is 5.02 Å². The number of nitrogens with zero attached hydrogens (tertiary/aromatic N) is 1. The van der Waals surface area contributed by atoms with Crippen molar-refractivity contribution in [3.8, 4) is 5.75 Å². The maximum atomic E-state index is 13.8. The van der Waals surface area contributed by atoms with Gasteiger partial charge in [-0.3, -0.25) is 4.79 Å². The quantitative estimate of drug-likeness (QED) is 0.606. The molecule has 1 aromatic heterocycles. The van der Waals surface area contributed by atoms with Gasteiger partial charge < -0.3 is 15.4 Å². The summed E-state index contributed by atoms with van der Waals surface area (Å²) in [6.45, 7) is 2.54. The zero-order chi connectivity index (χ0) is 19.2. The van der Waals surface area contributed by atoms with Crippen LogP contribution in [0.3, 0.4) is 0 Å². The van der Waals surface area contributed by atoms with E-state index in [2.05, 4.69) is 15.6 Å². The Morgan fingerprint density at radius 1 is 1.11 bits per heavy atom. The fourth-order valence-corrected chi connectivity index (χ4v) is 2.65. The van der Waals surface area contributed by atoms with Gasteiger partial charge in [-0.25, -0.2) is 9.37 Å². The molecule has 0 saturated heterocycles. The van der Waals surface area contributed by atoms with Gasteiger partial charge in [-0.2, -0.15) is 0 Å². The molecule has 1 heterocycles. The number of nitrogens with one attached hydrogen (secondary N) is 2. The lowest BCUT2D eigenvalue weighted by Gasteiger charge is -2.10. The first-order valence-electron chi connectivity index (χ1n) is 8.28. The molecule has 0 spiro atoms. The van der Waals surface area contributed by atoms with Gasteiger partial charge in [0.2, 0.25) is 0 Å². The molecule has 0 bridgehead atoms. The van der Waals surface area contributed by atoms with Gasteiger partial charge in [0.05, 0.1) is 29.1 Å². The van der Waals surface area contributed by atoms with Crippen molar-refractivity contribution in [2.75, 3.05) is 17.2 Å². The van der Waals surface area contributed by atoms with E-state index in [1.54, 1.807) is 12.1 Å². The van der Waals surface area contributed by atoms with E-state index in [4.69, 9.17) is 16.3 Å². The molecule has 3 aromatic rings. The van der Waals surface area contributed by atoms with Gasteiger partial charge in [0, 0.05) is 5.69 Å². The predicted molar refractivity (Wildman–Crippen MR) is 104 cm³/mol. The van der Waals surface area contributed by atoms with Gasteiger partial charge in [-0.1, -0.05) is 17.7 Å². The minimum absolute atomic E-state index is 0.0502. The molecule has 0 atom stereocenters. The second kappa shape index (κ2) is 8.51. The van der Waals surface area contributed by atoms with Gasteiger partial charge in [0.1, 0.15) is 17.4 Å². The first-order valence-corrected chi connectivity index (χ1v) is 8.66. The van der Waals surface area contributed by atoms with Crippen molar-refractivity contribution >= 4 is 34.7 Å². The number of benzene rings is 2. The van der Waals surface area contributed by atoms with Crippen LogP contribution in [0, 0.1) is 5.82 Å². The summed E-state index contributed by atoms with van der Waals surface area (Å²) >= 11 is 5.90. The molecule has 0 aliphatic heterocycles. The highest BCUT2D eigenvalue weighted by atomic mass is 35.5. The maximum Gasteiger partial charge on any atom is 0.260 e. The van der Waals surface area contributed by atoms with E-state index < -0.39 is 11.7 Å². The van der Waals surface area contributed by atoms with E-state index in [0.29, 0.717) is 18.1 Å². The SMILES string of the molecule is CCOc1ccc(Nc2ccc(NC(=O)c3c(F)cccc3Cl)cn2)cc1. The first kappa shape index (κ1) is 18.7. The van der Waals surface area contributed by atoms with E-state index >= 15 is 0 Å². The lowest BCUT2D eigenvalue weighted by atomic mass is 10.2. The number of carbonyl (C=O) groups excluding carboxylic acids is 1. The third-order valence-electron chi connectivity index (χ3n) is 3.65. The molecule has 2 aromatic carbocycles. The molecule has 0 radical (unpaired) electrons. The predicted octanol–water partition coefficient (Wildman–Crippen LogP) is 5.27. The van der Waals surface area contributed by atoms with Crippen LogP contribution in [0.15, 0.2) is 60.8 Å². The molecule has 0 saturated carbocycles. The Kier molecular flexibility index (Phi) is 5.88. The lowest BCUT2D eigenvalue weighted by Crippen LogP contribution is -2.14. The molecular formula is C20H17ClFN3O2. The van der Waals surface area contributed by atoms with Gasteiger partial charge in [0.25, 0.3) is 5.91 Å². The summed E-state index contributed by atoms with van der Waals surface area (Å²) in [4.78, 5) is 16.5. The second-order valence-corrected chi connectivity index (χ2v) is 5.97. The van der Waals surface area contributed by atoms with Gasteiger partial charge in [-0.05, 0) is 55.5 Å². The molecule has 7 heteroatoms. The summed E-state index contributed by atoms with van der Waals surface area (Å²) in [6, 6.07) is 14.9. The maximum absolute atomic E-state index is 13.8. The topological polar surface area (TPSA) is 63.2 Å². The van der Waals surface area contributed by atoms with E-state index in [1.165, 1.54) is 24.4 Å². The van der Waals surface area contributed by atoms with Crippen LogP contribution in [0.4, 0.5) is 21.6 Å². The molecule has 138 valence electrons. The number of hydrogen-bond donors (Lipinski definition) is 2. The van der Waals surface area contributed by atoms with Crippen molar-refractivity contribution in [2.45, 2.75) is 6.92 Å². The van der Waals surface area contributed by atoms with Gasteiger partial charge >= 0.3 is 0 Å². The van der Waals surface area contributed by atoms with E-state index in [9.17, 15) is 9.18 Å². The van der Waals surface area contributed by atoms with E-state index in [0.717, 1.165) is 11.4 Å². The molecule has 27 heavy (non-hydrogen) atoms. The van der Waals surface area contributed by atoms with Crippen molar-refractivity contribution in [1.29, 1.82) is 0 Å². The van der Waals surface area contributed by atoms with E-state index in [1.807, 2.05) is 31.2 Å². The monoisotopic (exact) mass is 385 g/mol. The summed E-state index contributed by atoms with van der Waals surface area (Å²) in [5.41, 5.74) is 1.08. The van der Waals surface area contributed by atoms with Crippen molar-refractivity contribution in [3.05, 3.63) is 77.2 Å². The van der Waals surface area contributed by atoms with Crippen LogP contribution in [0.5, 0.6) is 5.75 Å². The fourth-order valence-electron chi connectivity index (χ4n) is 2.40. The first-order chi connectivity index (χ1) is 13.1. The Balaban J connectivity index is 1.65. The zero-order valence-electron chi connectivity index (χ0n) is 14.5. The Labute approximate surface area is 161 Å². The third kappa shape index (κ3) is 4.74.